The number of nitrogens with zero attached hydrogens (tertiary/aromatic N) is 1. The van der Waals surface area contributed by atoms with E-state index in [2.05, 4.69) is 199 Å². The molecular formula is C52H33NOS. The van der Waals surface area contributed by atoms with Crippen LogP contribution in [0.25, 0.3) is 86.3 Å². The van der Waals surface area contributed by atoms with Gasteiger partial charge in [-0.3, -0.25) is 0 Å². The zero-order valence-electron chi connectivity index (χ0n) is 29.8. The third-order valence-corrected chi connectivity index (χ3v) is 12.0. The highest BCUT2D eigenvalue weighted by Crippen LogP contribution is 2.45. The van der Waals surface area contributed by atoms with Crippen LogP contribution >= 0.6 is 11.3 Å². The van der Waals surface area contributed by atoms with E-state index in [0.717, 1.165) is 61.3 Å². The average Bonchev–Trinajstić information content (AvgIpc) is 3.82. The van der Waals surface area contributed by atoms with Crippen LogP contribution in [0, 0.1) is 0 Å². The topological polar surface area (TPSA) is 16.4 Å². The maximum atomic E-state index is 6.61. The lowest BCUT2D eigenvalue weighted by molar-refractivity contribution is 0.670. The van der Waals surface area contributed by atoms with Crippen LogP contribution in [-0.2, 0) is 0 Å². The molecule has 0 aliphatic heterocycles. The molecule has 9 aromatic carbocycles. The molecule has 2 nitrogen and oxygen atoms in total. The number of fused-ring (bicyclic) bond motifs is 7. The number of para-hydroxylation sites is 2. The molecule has 0 N–H and O–H groups in total. The second kappa shape index (κ2) is 12.9. The van der Waals surface area contributed by atoms with Crippen LogP contribution < -0.4 is 4.90 Å². The molecule has 258 valence electrons. The highest BCUT2D eigenvalue weighted by atomic mass is 32.1. The Labute approximate surface area is 322 Å². The largest absolute Gasteiger partial charge is 0.455 e. The molecule has 0 bridgehead atoms. The summed E-state index contributed by atoms with van der Waals surface area (Å²) >= 11 is 1.85. The second-order valence-electron chi connectivity index (χ2n) is 14.1. The van der Waals surface area contributed by atoms with E-state index >= 15 is 0 Å². The van der Waals surface area contributed by atoms with Crippen LogP contribution in [0.1, 0.15) is 0 Å². The summed E-state index contributed by atoms with van der Waals surface area (Å²) in [6.45, 7) is 0. The van der Waals surface area contributed by atoms with Gasteiger partial charge in [0.2, 0.25) is 0 Å². The van der Waals surface area contributed by atoms with E-state index in [4.69, 9.17) is 4.42 Å². The van der Waals surface area contributed by atoms with E-state index in [0.29, 0.717) is 0 Å². The summed E-state index contributed by atoms with van der Waals surface area (Å²) in [5.74, 6) is 0. The van der Waals surface area contributed by atoms with Crippen molar-refractivity contribution in [3.63, 3.8) is 0 Å². The van der Waals surface area contributed by atoms with Crippen molar-refractivity contribution in [2.45, 2.75) is 0 Å². The van der Waals surface area contributed by atoms with Gasteiger partial charge >= 0.3 is 0 Å². The Kier molecular flexibility index (Phi) is 7.39. The summed E-state index contributed by atoms with van der Waals surface area (Å²) in [4.78, 5) is 2.41. The normalized spacial score (nSPS) is 11.6. The summed E-state index contributed by atoms with van der Waals surface area (Å²) < 4.78 is 9.19. The molecule has 0 radical (unpaired) electrons. The molecule has 11 rings (SSSR count). The number of hydrogen-bond acceptors (Lipinski definition) is 3. The molecule has 0 aliphatic carbocycles. The van der Waals surface area contributed by atoms with Crippen molar-refractivity contribution in [1.29, 1.82) is 0 Å². The Bertz CT molecular complexity index is 3200. The summed E-state index contributed by atoms with van der Waals surface area (Å²) in [6.07, 6.45) is 0. The second-order valence-corrected chi connectivity index (χ2v) is 15.2. The van der Waals surface area contributed by atoms with Crippen LogP contribution in [0.5, 0.6) is 0 Å². The van der Waals surface area contributed by atoms with Crippen LogP contribution in [0.2, 0.25) is 0 Å². The Balaban J connectivity index is 1.15. The molecule has 11 aromatic rings. The van der Waals surface area contributed by atoms with Gasteiger partial charge in [0.25, 0.3) is 0 Å². The molecule has 3 heteroatoms. The Morgan fingerprint density at radius 3 is 1.89 bits per heavy atom. The molecule has 0 saturated heterocycles. The number of benzene rings is 9. The molecular weight excluding hydrogens is 687 g/mol. The van der Waals surface area contributed by atoms with Crippen molar-refractivity contribution in [2.75, 3.05) is 4.90 Å². The molecule has 0 aliphatic rings. The highest BCUT2D eigenvalue weighted by molar-refractivity contribution is 7.25. The lowest BCUT2D eigenvalue weighted by Gasteiger charge is -2.27. The predicted octanol–water partition coefficient (Wildman–Crippen LogP) is 15.6. The number of rotatable bonds is 6. The maximum Gasteiger partial charge on any atom is 0.143 e. The van der Waals surface area contributed by atoms with Gasteiger partial charge in [-0.25, -0.2) is 0 Å². The SMILES string of the molecule is c1ccc(-c2cc(-c3cccc4c3oc3ccccc34)cc(N(c3ccc(-c4cccc5ccccc45)cc3)c3ccc4sc5ccccc5c4c3)c2)cc1. The van der Waals surface area contributed by atoms with Gasteiger partial charge in [-0.2, -0.15) is 0 Å². The molecule has 0 amide bonds. The van der Waals surface area contributed by atoms with Gasteiger partial charge in [0, 0.05) is 53.6 Å². The Morgan fingerprint density at radius 2 is 1.00 bits per heavy atom. The minimum atomic E-state index is 0.897. The summed E-state index contributed by atoms with van der Waals surface area (Å²) in [6, 6.07) is 72.3. The first-order chi connectivity index (χ1) is 27.2. The Morgan fingerprint density at radius 1 is 0.345 bits per heavy atom. The fraction of sp³-hybridized carbons (Fsp3) is 0. The van der Waals surface area contributed by atoms with Crippen molar-refractivity contribution >= 4 is 81.3 Å². The van der Waals surface area contributed by atoms with E-state index < -0.39 is 0 Å². The van der Waals surface area contributed by atoms with Gasteiger partial charge in [-0.05, 0) is 99.3 Å². The molecule has 0 atom stereocenters. The highest BCUT2D eigenvalue weighted by Gasteiger charge is 2.20. The molecule has 0 saturated carbocycles. The van der Waals surface area contributed by atoms with E-state index in [1.165, 1.54) is 42.1 Å². The molecule has 55 heavy (non-hydrogen) atoms. The zero-order chi connectivity index (χ0) is 36.3. The van der Waals surface area contributed by atoms with Crippen molar-refractivity contribution in [1.82, 2.24) is 0 Å². The van der Waals surface area contributed by atoms with Crippen LogP contribution in [0.3, 0.4) is 0 Å². The van der Waals surface area contributed by atoms with Crippen LogP contribution in [0.4, 0.5) is 17.1 Å². The molecule has 2 aromatic heterocycles. The number of furan rings is 1. The predicted molar refractivity (Wildman–Crippen MR) is 235 cm³/mol. The third-order valence-electron chi connectivity index (χ3n) is 10.8. The van der Waals surface area contributed by atoms with Crippen molar-refractivity contribution in [3.05, 3.63) is 200 Å². The summed E-state index contributed by atoms with van der Waals surface area (Å²) in [5.41, 5.74) is 11.9. The monoisotopic (exact) mass is 719 g/mol. The first-order valence-electron chi connectivity index (χ1n) is 18.7. The number of anilines is 3. The molecule has 2 heterocycles. The zero-order valence-corrected chi connectivity index (χ0v) is 30.6. The van der Waals surface area contributed by atoms with Gasteiger partial charge in [-0.1, -0.05) is 140 Å². The van der Waals surface area contributed by atoms with E-state index in [1.807, 2.05) is 17.4 Å². The molecule has 0 fully saturated rings. The minimum Gasteiger partial charge on any atom is -0.455 e. The lowest BCUT2D eigenvalue weighted by atomic mass is 9.95. The van der Waals surface area contributed by atoms with E-state index in [-0.39, 0.29) is 0 Å². The number of thiophene rings is 1. The molecule has 0 spiro atoms. The van der Waals surface area contributed by atoms with Crippen LogP contribution in [0.15, 0.2) is 205 Å². The first-order valence-corrected chi connectivity index (χ1v) is 19.5. The van der Waals surface area contributed by atoms with Gasteiger partial charge in [0.15, 0.2) is 0 Å². The first kappa shape index (κ1) is 31.6. The fourth-order valence-corrected chi connectivity index (χ4v) is 9.32. The van der Waals surface area contributed by atoms with Crippen LogP contribution in [-0.4, -0.2) is 0 Å². The minimum absolute atomic E-state index is 0.897. The quantitative estimate of drug-likeness (QED) is 0.170. The van der Waals surface area contributed by atoms with E-state index in [1.54, 1.807) is 0 Å². The molecule has 0 unspecified atom stereocenters. The Hall–Kier alpha value is -6.94. The maximum absolute atomic E-state index is 6.61. The third kappa shape index (κ3) is 5.40. The van der Waals surface area contributed by atoms with Gasteiger partial charge in [0.1, 0.15) is 11.2 Å². The van der Waals surface area contributed by atoms with Crippen molar-refractivity contribution in [3.8, 4) is 33.4 Å². The van der Waals surface area contributed by atoms with Gasteiger partial charge in [-0.15, -0.1) is 11.3 Å². The lowest BCUT2D eigenvalue weighted by Crippen LogP contribution is -2.10. The van der Waals surface area contributed by atoms with Crippen molar-refractivity contribution < 1.29 is 4.42 Å². The summed E-state index contributed by atoms with van der Waals surface area (Å²) in [7, 11) is 0. The van der Waals surface area contributed by atoms with Gasteiger partial charge < -0.3 is 9.32 Å². The summed E-state index contributed by atoms with van der Waals surface area (Å²) in [5, 5.41) is 7.29. The standard InChI is InChI=1S/C52H33NOS/c1-2-12-34(13-3-1)37-30-38(44-20-11-21-47-45-17-6-8-22-49(45)54-52(44)47)32-41(31-37)53(40-28-29-51-48(33-40)46-18-7-9-23-50(46)55-51)39-26-24-36(25-27-39)43-19-10-15-35-14-4-5-16-42(35)43/h1-33H. The average molecular weight is 720 g/mol. The van der Waals surface area contributed by atoms with Crippen molar-refractivity contribution in [2.24, 2.45) is 0 Å². The van der Waals surface area contributed by atoms with Gasteiger partial charge in [0.05, 0.1) is 0 Å². The fourth-order valence-electron chi connectivity index (χ4n) is 8.24. The van der Waals surface area contributed by atoms with E-state index in [9.17, 15) is 0 Å². The smallest absolute Gasteiger partial charge is 0.143 e. The number of hydrogen-bond donors (Lipinski definition) is 0.